The Bertz CT molecular complexity index is 866. The van der Waals surface area contributed by atoms with Gasteiger partial charge in [0.05, 0.1) is 14.2 Å². The topological polar surface area (TPSA) is 51.2 Å². The second-order valence-corrected chi connectivity index (χ2v) is 7.14. The van der Waals surface area contributed by atoms with Gasteiger partial charge in [0.2, 0.25) is 0 Å². The van der Waals surface area contributed by atoms with Crippen molar-refractivity contribution in [1.29, 1.82) is 0 Å². The summed E-state index contributed by atoms with van der Waals surface area (Å²) in [6.07, 6.45) is -0.617. The minimum absolute atomic E-state index is 0.222. The highest BCUT2D eigenvalue weighted by molar-refractivity contribution is 5.31. The van der Waals surface area contributed by atoms with E-state index in [-0.39, 0.29) is 6.61 Å². The molecule has 0 saturated carbocycles. The standard InChI is InChI=1S/C25H29NO4/c1-28-23-10-8-21(9-11-23)17-26(16-20-6-4-3-5-7-20)18-22(27)19-30-25-14-12-24(29-2)13-15-25/h3-15,22,27H,16-19H2,1-2H3/t22-/m0/s1. The first-order valence-corrected chi connectivity index (χ1v) is 10.0. The summed E-state index contributed by atoms with van der Waals surface area (Å²) in [6.45, 7) is 2.18. The fourth-order valence-electron chi connectivity index (χ4n) is 3.23. The van der Waals surface area contributed by atoms with Gasteiger partial charge >= 0.3 is 0 Å². The van der Waals surface area contributed by atoms with E-state index >= 15 is 0 Å². The van der Waals surface area contributed by atoms with Crippen molar-refractivity contribution in [2.75, 3.05) is 27.4 Å². The fourth-order valence-corrected chi connectivity index (χ4v) is 3.23. The van der Waals surface area contributed by atoms with Gasteiger partial charge in [0.15, 0.2) is 0 Å². The number of rotatable bonds is 11. The number of hydrogen-bond acceptors (Lipinski definition) is 5. The summed E-state index contributed by atoms with van der Waals surface area (Å²) in [5.41, 5.74) is 2.37. The lowest BCUT2D eigenvalue weighted by Crippen LogP contribution is -2.35. The summed E-state index contributed by atoms with van der Waals surface area (Å²) in [4.78, 5) is 2.22. The zero-order valence-electron chi connectivity index (χ0n) is 17.5. The van der Waals surface area contributed by atoms with Crippen LogP contribution >= 0.6 is 0 Å². The third-order valence-electron chi connectivity index (χ3n) is 4.79. The smallest absolute Gasteiger partial charge is 0.119 e. The number of ether oxygens (including phenoxy) is 3. The minimum Gasteiger partial charge on any atom is -0.497 e. The van der Waals surface area contributed by atoms with Crippen LogP contribution in [0.2, 0.25) is 0 Å². The van der Waals surface area contributed by atoms with Crippen LogP contribution in [0.15, 0.2) is 78.9 Å². The van der Waals surface area contributed by atoms with Crippen molar-refractivity contribution in [2.45, 2.75) is 19.2 Å². The van der Waals surface area contributed by atoms with Gasteiger partial charge in [-0.3, -0.25) is 4.90 Å². The lowest BCUT2D eigenvalue weighted by molar-refractivity contribution is 0.0628. The molecule has 0 amide bonds. The molecule has 0 saturated heterocycles. The van der Waals surface area contributed by atoms with Gasteiger partial charge in [0, 0.05) is 19.6 Å². The molecular weight excluding hydrogens is 378 g/mol. The van der Waals surface area contributed by atoms with Crippen LogP contribution in [0, 0.1) is 0 Å². The summed E-state index contributed by atoms with van der Waals surface area (Å²) >= 11 is 0. The Morgan fingerprint density at radius 1 is 0.700 bits per heavy atom. The molecule has 3 rings (SSSR count). The number of benzene rings is 3. The molecule has 0 aromatic heterocycles. The predicted molar refractivity (Wildman–Crippen MR) is 118 cm³/mol. The first-order chi connectivity index (χ1) is 14.7. The first-order valence-electron chi connectivity index (χ1n) is 10.0. The third kappa shape index (κ3) is 6.79. The van der Waals surface area contributed by atoms with Crippen LogP contribution in [0.4, 0.5) is 0 Å². The zero-order valence-corrected chi connectivity index (χ0v) is 17.5. The first kappa shape index (κ1) is 21.7. The Labute approximate surface area is 178 Å². The van der Waals surface area contributed by atoms with Crippen molar-refractivity contribution >= 4 is 0 Å². The van der Waals surface area contributed by atoms with Crippen LogP contribution in [-0.4, -0.2) is 43.5 Å². The van der Waals surface area contributed by atoms with Crippen molar-refractivity contribution in [1.82, 2.24) is 4.90 Å². The molecule has 0 fully saturated rings. The van der Waals surface area contributed by atoms with Crippen molar-refractivity contribution in [2.24, 2.45) is 0 Å². The zero-order chi connectivity index (χ0) is 21.2. The Kier molecular flexibility index (Phi) is 8.12. The van der Waals surface area contributed by atoms with E-state index in [9.17, 15) is 5.11 Å². The molecule has 30 heavy (non-hydrogen) atoms. The molecule has 0 aliphatic heterocycles. The summed E-state index contributed by atoms with van der Waals surface area (Å²) in [7, 11) is 3.29. The maximum Gasteiger partial charge on any atom is 0.119 e. The van der Waals surface area contributed by atoms with Gasteiger partial charge in [-0.1, -0.05) is 42.5 Å². The van der Waals surface area contributed by atoms with Crippen LogP contribution in [0.5, 0.6) is 17.2 Å². The summed E-state index contributed by atoms with van der Waals surface area (Å²) in [6, 6.07) is 25.6. The van der Waals surface area contributed by atoms with Crippen LogP contribution in [0.1, 0.15) is 11.1 Å². The van der Waals surface area contributed by atoms with Crippen LogP contribution < -0.4 is 14.2 Å². The second-order valence-electron chi connectivity index (χ2n) is 7.14. The van der Waals surface area contributed by atoms with Gasteiger partial charge in [-0.2, -0.15) is 0 Å². The SMILES string of the molecule is COc1ccc(CN(Cc2ccccc2)C[C@H](O)COc2ccc(OC)cc2)cc1. The number of aliphatic hydroxyl groups excluding tert-OH is 1. The van der Waals surface area contributed by atoms with Crippen molar-refractivity contribution in [3.05, 3.63) is 90.0 Å². The molecule has 5 nitrogen and oxygen atoms in total. The van der Waals surface area contributed by atoms with Gasteiger partial charge in [-0.05, 0) is 47.5 Å². The molecule has 0 heterocycles. The maximum atomic E-state index is 10.6. The summed E-state index contributed by atoms with van der Waals surface area (Å²) in [5.74, 6) is 2.32. The fraction of sp³-hybridized carbons (Fsp3) is 0.280. The van der Waals surface area contributed by atoms with Crippen LogP contribution in [-0.2, 0) is 13.1 Å². The molecule has 5 heteroatoms. The molecule has 1 atom stereocenters. The van der Waals surface area contributed by atoms with E-state index in [4.69, 9.17) is 14.2 Å². The number of aliphatic hydroxyl groups is 1. The average Bonchev–Trinajstić information content (AvgIpc) is 2.79. The van der Waals surface area contributed by atoms with E-state index < -0.39 is 6.10 Å². The van der Waals surface area contributed by atoms with Gasteiger partial charge in [0.25, 0.3) is 0 Å². The van der Waals surface area contributed by atoms with E-state index in [1.165, 1.54) is 5.56 Å². The lowest BCUT2D eigenvalue weighted by Gasteiger charge is -2.25. The maximum absolute atomic E-state index is 10.6. The highest BCUT2D eigenvalue weighted by Crippen LogP contribution is 2.18. The lowest BCUT2D eigenvalue weighted by atomic mass is 10.1. The normalized spacial score (nSPS) is 11.9. The van der Waals surface area contributed by atoms with Crippen LogP contribution in [0.3, 0.4) is 0 Å². The van der Waals surface area contributed by atoms with Crippen molar-refractivity contribution in [3.8, 4) is 17.2 Å². The highest BCUT2D eigenvalue weighted by Gasteiger charge is 2.14. The molecule has 0 spiro atoms. The molecule has 0 bridgehead atoms. The monoisotopic (exact) mass is 407 g/mol. The number of nitrogens with zero attached hydrogens (tertiary/aromatic N) is 1. The molecule has 0 aliphatic carbocycles. The largest absolute Gasteiger partial charge is 0.497 e. The van der Waals surface area contributed by atoms with Gasteiger partial charge in [0.1, 0.15) is 30.0 Å². The molecule has 1 N–H and O–H groups in total. The van der Waals surface area contributed by atoms with E-state index in [1.54, 1.807) is 14.2 Å². The minimum atomic E-state index is -0.617. The van der Waals surface area contributed by atoms with Gasteiger partial charge in [-0.15, -0.1) is 0 Å². The Balaban J connectivity index is 1.60. The molecule has 0 radical (unpaired) electrons. The molecule has 3 aromatic rings. The van der Waals surface area contributed by atoms with Crippen molar-refractivity contribution in [3.63, 3.8) is 0 Å². The molecule has 158 valence electrons. The highest BCUT2D eigenvalue weighted by atomic mass is 16.5. The van der Waals surface area contributed by atoms with E-state index in [0.717, 1.165) is 30.2 Å². The summed E-state index contributed by atoms with van der Waals surface area (Å²) in [5, 5.41) is 10.6. The van der Waals surface area contributed by atoms with Crippen LogP contribution in [0.25, 0.3) is 0 Å². The Morgan fingerprint density at radius 3 is 1.77 bits per heavy atom. The summed E-state index contributed by atoms with van der Waals surface area (Å²) < 4.78 is 16.2. The second kappa shape index (κ2) is 11.2. The molecule has 3 aromatic carbocycles. The molecule has 0 unspecified atom stereocenters. The Hall–Kier alpha value is -3.02. The quantitative estimate of drug-likeness (QED) is 0.518. The van der Waals surface area contributed by atoms with E-state index in [2.05, 4.69) is 29.2 Å². The Morgan fingerprint density at radius 2 is 1.20 bits per heavy atom. The predicted octanol–water partition coefficient (Wildman–Crippen LogP) is 4.15. The van der Waals surface area contributed by atoms with Gasteiger partial charge < -0.3 is 19.3 Å². The van der Waals surface area contributed by atoms with E-state index in [0.29, 0.717) is 12.3 Å². The molecular formula is C25H29NO4. The third-order valence-corrected chi connectivity index (χ3v) is 4.79. The average molecular weight is 408 g/mol. The van der Waals surface area contributed by atoms with E-state index in [1.807, 2.05) is 54.6 Å². The molecule has 0 aliphatic rings. The number of methoxy groups -OCH3 is 2. The van der Waals surface area contributed by atoms with Gasteiger partial charge in [-0.25, -0.2) is 0 Å². The van der Waals surface area contributed by atoms with Crippen molar-refractivity contribution < 1.29 is 19.3 Å². The number of hydrogen-bond donors (Lipinski definition) is 1.